The molecule has 0 aliphatic rings. The zero-order valence-electron chi connectivity index (χ0n) is 12.3. The van der Waals surface area contributed by atoms with Crippen LogP contribution in [0.1, 0.15) is 18.1 Å². The quantitative estimate of drug-likeness (QED) is 0.598. The fourth-order valence-electron chi connectivity index (χ4n) is 1.83. The second-order valence-electron chi connectivity index (χ2n) is 4.55. The van der Waals surface area contributed by atoms with Gasteiger partial charge in [0.05, 0.1) is 6.61 Å². The highest BCUT2D eigenvalue weighted by molar-refractivity contribution is 5.87. The molecule has 0 heterocycles. The van der Waals surface area contributed by atoms with Crippen molar-refractivity contribution in [3.8, 4) is 5.75 Å². The molecule has 0 spiro atoms. The topological polar surface area (TPSA) is 35.5 Å². The van der Waals surface area contributed by atoms with Crippen LogP contribution in [0.5, 0.6) is 5.75 Å². The van der Waals surface area contributed by atoms with Gasteiger partial charge in [-0.2, -0.15) is 0 Å². The van der Waals surface area contributed by atoms with Gasteiger partial charge < -0.3 is 9.47 Å². The average molecular weight is 300 g/mol. The van der Waals surface area contributed by atoms with Gasteiger partial charge in [-0.25, -0.2) is 9.18 Å². The predicted molar refractivity (Wildman–Crippen MR) is 82.8 cm³/mol. The monoisotopic (exact) mass is 300 g/mol. The van der Waals surface area contributed by atoms with Crippen molar-refractivity contribution < 1.29 is 18.7 Å². The molecule has 2 aromatic rings. The van der Waals surface area contributed by atoms with Gasteiger partial charge in [-0.1, -0.05) is 36.4 Å². The molecule has 22 heavy (non-hydrogen) atoms. The van der Waals surface area contributed by atoms with Crippen LogP contribution in [-0.4, -0.2) is 12.6 Å². The van der Waals surface area contributed by atoms with E-state index < -0.39 is 11.8 Å². The lowest BCUT2D eigenvalue weighted by Gasteiger charge is -2.07. The summed E-state index contributed by atoms with van der Waals surface area (Å²) in [5.41, 5.74) is 1.53. The minimum Gasteiger partial charge on any atom is -0.486 e. The van der Waals surface area contributed by atoms with Crippen LogP contribution in [0.2, 0.25) is 0 Å². The maximum absolute atomic E-state index is 14.0. The molecule has 0 saturated heterocycles. The average Bonchev–Trinajstić information content (AvgIpc) is 2.53. The smallest absolute Gasteiger partial charge is 0.330 e. The highest BCUT2D eigenvalue weighted by Gasteiger charge is 2.04. The lowest BCUT2D eigenvalue weighted by molar-refractivity contribution is -0.137. The third-order valence-electron chi connectivity index (χ3n) is 2.89. The number of benzene rings is 2. The van der Waals surface area contributed by atoms with Crippen LogP contribution in [0, 0.1) is 5.82 Å². The largest absolute Gasteiger partial charge is 0.486 e. The normalized spacial score (nSPS) is 10.6. The van der Waals surface area contributed by atoms with E-state index in [1.165, 1.54) is 18.2 Å². The molecule has 114 valence electrons. The van der Waals surface area contributed by atoms with Gasteiger partial charge >= 0.3 is 5.97 Å². The van der Waals surface area contributed by atoms with Crippen LogP contribution in [-0.2, 0) is 16.1 Å². The number of hydrogen-bond donors (Lipinski definition) is 0. The first-order valence-electron chi connectivity index (χ1n) is 7.00. The van der Waals surface area contributed by atoms with E-state index in [0.717, 1.165) is 5.56 Å². The Balaban J connectivity index is 1.99. The summed E-state index contributed by atoms with van der Waals surface area (Å²) in [5.74, 6) is -0.744. The Morgan fingerprint density at radius 3 is 2.64 bits per heavy atom. The van der Waals surface area contributed by atoms with Crippen LogP contribution < -0.4 is 4.74 Å². The van der Waals surface area contributed by atoms with Gasteiger partial charge in [-0.05, 0) is 36.3 Å². The Morgan fingerprint density at radius 2 is 1.95 bits per heavy atom. The summed E-state index contributed by atoms with van der Waals surface area (Å²) in [4.78, 5) is 11.2. The molecule has 0 amide bonds. The highest BCUT2D eigenvalue weighted by atomic mass is 19.1. The van der Waals surface area contributed by atoms with Gasteiger partial charge in [0.1, 0.15) is 6.61 Å². The molecule has 4 heteroatoms. The van der Waals surface area contributed by atoms with Crippen molar-refractivity contribution in [3.05, 3.63) is 71.6 Å². The van der Waals surface area contributed by atoms with Crippen LogP contribution in [0.3, 0.4) is 0 Å². The van der Waals surface area contributed by atoms with Gasteiger partial charge in [0.2, 0.25) is 0 Å². The van der Waals surface area contributed by atoms with E-state index in [2.05, 4.69) is 0 Å². The molecular weight excluding hydrogens is 283 g/mol. The molecule has 0 N–H and O–H groups in total. The Morgan fingerprint density at radius 1 is 1.18 bits per heavy atom. The maximum Gasteiger partial charge on any atom is 0.330 e. The minimum atomic E-state index is -0.470. The van der Waals surface area contributed by atoms with E-state index in [9.17, 15) is 9.18 Å². The first-order valence-corrected chi connectivity index (χ1v) is 7.00. The van der Waals surface area contributed by atoms with Crippen LogP contribution in [0.15, 0.2) is 54.6 Å². The fourth-order valence-corrected chi connectivity index (χ4v) is 1.83. The predicted octanol–water partition coefficient (Wildman–Crippen LogP) is 3.98. The first kappa shape index (κ1) is 15.8. The molecule has 0 aliphatic heterocycles. The SMILES string of the molecule is CCOC(=O)C=Cc1ccc(OCc2ccccc2)c(F)c1. The molecule has 2 aromatic carbocycles. The van der Waals surface area contributed by atoms with E-state index in [1.54, 1.807) is 19.1 Å². The van der Waals surface area contributed by atoms with E-state index in [4.69, 9.17) is 9.47 Å². The van der Waals surface area contributed by atoms with Crippen molar-refractivity contribution in [2.75, 3.05) is 6.61 Å². The number of carbonyl (C=O) groups is 1. The van der Waals surface area contributed by atoms with Gasteiger partial charge in [-0.15, -0.1) is 0 Å². The summed E-state index contributed by atoms with van der Waals surface area (Å²) in [6, 6.07) is 14.1. The third-order valence-corrected chi connectivity index (χ3v) is 2.89. The maximum atomic E-state index is 14.0. The van der Waals surface area contributed by atoms with Crippen LogP contribution in [0.25, 0.3) is 6.08 Å². The van der Waals surface area contributed by atoms with Crippen LogP contribution in [0.4, 0.5) is 4.39 Å². The van der Waals surface area contributed by atoms with Gasteiger partial charge in [-0.3, -0.25) is 0 Å². The molecule has 2 rings (SSSR count). The number of esters is 1. The van der Waals surface area contributed by atoms with E-state index in [-0.39, 0.29) is 5.75 Å². The number of rotatable bonds is 6. The standard InChI is InChI=1S/C18H17FO3/c1-2-21-18(20)11-9-14-8-10-17(16(19)12-14)22-13-15-6-4-3-5-7-15/h3-12H,2,13H2,1H3. The van der Waals surface area contributed by atoms with Crippen molar-refractivity contribution in [2.45, 2.75) is 13.5 Å². The number of halogens is 1. The molecule has 0 aliphatic carbocycles. The molecule has 0 unspecified atom stereocenters. The zero-order chi connectivity index (χ0) is 15.8. The number of carbonyl (C=O) groups excluding carboxylic acids is 1. The molecule has 0 radical (unpaired) electrons. The molecule has 0 saturated carbocycles. The molecule has 0 fully saturated rings. The second kappa shape index (κ2) is 7.98. The highest BCUT2D eigenvalue weighted by Crippen LogP contribution is 2.20. The van der Waals surface area contributed by atoms with Crippen molar-refractivity contribution in [1.29, 1.82) is 0 Å². The van der Waals surface area contributed by atoms with Crippen molar-refractivity contribution in [2.24, 2.45) is 0 Å². The van der Waals surface area contributed by atoms with E-state index in [1.807, 2.05) is 30.3 Å². The zero-order valence-corrected chi connectivity index (χ0v) is 12.3. The summed E-state index contributed by atoms with van der Waals surface area (Å²) in [6.45, 7) is 2.34. The lowest BCUT2D eigenvalue weighted by Crippen LogP contribution is -1.99. The Labute approximate surface area is 129 Å². The minimum absolute atomic E-state index is 0.178. The first-order chi connectivity index (χ1) is 10.7. The van der Waals surface area contributed by atoms with E-state index >= 15 is 0 Å². The van der Waals surface area contributed by atoms with Gasteiger partial charge in [0.25, 0.3) is 0 Å². The molecule has 3 nitrogen and oxygen atoms in total. The second-order valence-corrected chi connectivity index (χ2v) is 4.55. The summed E-state index contributed by atoms with van der Waals surface area (Å²) in [6.07, 6.45) is 2.77. The Kier molecular flexibility index (Phi) is 5.72. The fraction of sp³-hybridized carbons (Fsp3) is 0.167. The summed E-state index contributed by atoms with van der Waals surface area (Å²) < 4.78 is 24.2. The van der Waals surface area contributed by atoms with Crippen molar-refractivity contribution >= 4 is 12.0 Å². The third kappa shape index (κ3) is 4.74. The number of hydrogen-bond acceptors (Lipinski definition) is 3. The summed E-state index contributed by atoms with van der Waals surface area (Å²) in [5, 5.41) is 0. The molecule has 0 bridgehead atoms. The lowest BCUT2D eigenvalue weighted by atomic mass is 10.2. The summed E-state index contributed by atoms with van der Waals surface area (Å²) in [7, 11) is 0. The number of ether oxygens (including phenoxy) is 2. The molecule has 0 aromatic heterocycles. The molecular formula is C18H17FO3. The van der Waals surface area contributed by atoms with Crippen molar-refractivity contribution in [1.82, 2.24) is 0 Å². The molecule has 0 atom stereocenters. The Hall–Kier alpha value is -2.62. The van der Waals surface area contributed by atoms with Gasteiger partial charge in [0.15, 0.2) is 11.6 Å². The summed E-state index contributed by atoms with van der Waals surface area (Å²) >= 11 is 0. The van der Waals surface area contributed by atoms with Crippen molar-refractivity contribution in [3.63, 3.8) is 0 Å². The Bertz CT molecular complexity index is 651. The van der Waals surface area contributed by atoms with E-state index in [0.29, 0.717) is 18.8 Å². The van der Waals surface area contributed by atoms with Gasteiger partial charge in [0, 0.05) is 6.08 Å². The van der Waals surface area contributed by atoms with Crippen LogP contribution >= 0.6 is 0 Å².